The minimum atomic E-state index is 0.525. The molecule has 1 saturated heterocycles. The van der Waals surface area contributed by atoms with Crippen molar-refractivity contribution in [1.29, 1.82) is 0 Å². The maximum absolute atomic E-state index is 6.12. The second-order valence-corrected chi connectivity index (χ2v) is 3.94. The van der Waals surface area contributed by atoms with E-state index in [1.165, 1.54) is 0 Å². The second kappa shape index (κ2) is 4.16. The van der Waals surface area contributed by atoms with E-state index in [9.17, 15) is 0 Å². The summed E-state index contributed by atoms with van der Waals surface area (Å²) in [5, 5.41) is 0.642. The van der Waals surface area contributed by atoms with Crippen LogP contribution in [0.15, 0.2) is 12.1 Å². The third-order valence-electron chi connectivity index (χ3n) is 2.50. The maximum Gasteiger partial charge on any atom is 0.0661 e. The van der Waals surface area contributed by atoms with Crippen LogP contribution in [0, 0.1) is 0 Å². The first-order valence-corrected chi connectivity index (χ1v) is 5.23. The molecule has 1 heterocycles. The van der Waals surface area contributed by atoms with Crippen molar-refractivity contribution in [1.82, 2.24) is 0 Å². The smallest absolute Gasteiger partial charge is 0.0661 e. The van der Waals surface area contributed by atoms with E-state index >= 15 is 0 Å². The molecule has 2 rings (SSSR count). The molecule has 1 aliphatic rings. The fraction of sp³-hybridized carbons (Fsp3) is 0.400. The molecule has 0 spiro atoms. The van der Waals surface area contributed by atoms with Gasteiger partial charge in [-0.3, -0.25) is 0 Å². The summed E-state index contributed by atoms with van der Waals surface area (Å²) >= 11 is 6.12. The highest BCUT2D eigenvalue weighted by atomic mass is 35.5. The van der Waals surface area contributed by atoms with Crippen molar-refractivity contribution in [3.8, 4) is 0 Å². The van der Waals surface area contributed by atoms with Gasteiger partial charge in [0.05, 0.1) is 35.3 Å². The van der Waals surface area contributed by atoms with E-state index in [0.29, 0.717) is 16.4 Å². The van der Waals surface area contributed by atoms with Crippen LogP contribution in [0.3, 0.4) is 0 Å². The second-order valence-electron chi connectivity index (χ2n) is 3.53. The lowest BCUT2D eigenvalue weighted by Gasteiger charge is -2.29. The summed E-state index contributed by atoms with van der Waals surface area (Å²) < 4.78 is 5.27. The van der Waals surface area contributed by atoms with Gasteiger partial charge in [0.15, 0.2) is 0 Å². The highest BCUT2D eigenvalue weighted by Gasteiger charge is 2.15. The Bertz CT molecular complexity index is 364. The van der Waals surface area contributed by atoms with Crippen molar-refractivity contribution in [2.45, 2.75) is 0 Å². The van der Waals surface area contributed by atoms with Gasteiger partial charge >= 0.3 is 0 Å². The number of halogens is 1. The lowest BCUT2D eigenvalue weighted by molar-refractivity contribution is 0.122. The number of anilines is 3. The third-order valence-corrected chi connectivity index (χ3v) is 2.81. The number of hydrogen-bond acceptors (Lipinski definition) is 4. The Balaban J connectivity index is 2.30. The Hall–Kier alpha value is -1.13. The molecule has 4 N–H and O–H groups in total. The van der Waals surface area contributed by atoms with Crippen LogP contribution >= 0.6 is 11.6 Å². The number of ether oxygens (including phenoxy) is 1. The molecule has 1 aromatic rings. The molecule has 5 heteroatoms. The van der Waals surface area contributed by atoms with Gasteiger partial charge in [-0.05, 0) is 12.1 Å². The van der Waals surface area contributed by atoms with Crippen molar-refractivity contribution < 1.29 is 4.74 Å². The lowest BCUT2D eigenvalue weighted by Crippen LogP contribution is -2.36. The van der Waals surface area contributed by atoms with Crippen LogP contribution in [-0.2, 0) is 4.74 Å². The number of nitrogens with two attached hydrogens (primary N) is 2. The van der Waals surface area contributed by atoms with E-state index < -0.39 is 0 Å². The highest BCUT2D eigenvalue weighted by molar-refractivity contribution is 6.33. The van der Waals surface area contributed by atoms with Crippen LogP contribution in [0.25, 0.3) is 0 Å². The predicted molar refractivity (Wildman–Crippen MR) is 63.3 cm³/mol. The maximum atomic E-state index is 6.12. The molecule has 0 radical (unpaired) electrons. The average Bonchev–Trinajstić information content (AvgIpc) is 2.25. The topological polar surface area (TPSA) is 64.5 Å². The van der Waals surface area contributed by atoms with Crippen LogP contribution in [0.1, 0.15) is 0 Å². The van der Waals surface area contributed by atoms with Crippen LogP contribution in [0.4, 0.5) is 17.1 Å². The van der Waals surface area contributed by atoms with Gasteiger partial charge in [0.2, 0.25) is 0 Å². The summed E-state index contributed by atoms with van der Waals surface area (Å²) in [4.78, 5) is 2.15. The minimum Gasteiger partial charge on any atom is -0.397 e. The van der Waals surface area contributed by atoms with E-state index in [0.717, 1.165) is 32.0 Å². The zero-order chi connectivity index (χ0) is 10.8. The van der Waals surface area contributed by atoms with Crippen LogP contribution in [0.2, 0.25) is 5.02 Å². The van der Waals surface area contributed by atoms with Crippen LogP contribution in [0.5, 0.6) is 0 Å². The first-order chi connectivity index (χ1) is 7.18. The highest BCUT2D eigenvalue weighted by Crippen LogP contribution is 2.32. The predicted octanol–water partition coefficient (Wildman–Crippen LogP) is 1.34. The normalized spacial score (nSPS) is 16.7. The molecule has 0 atom stereocenters. The summed E-state index contributed by atoms with van der Waals surface area (Å²) in [7, 11) is 0. The van der Waals surface area contributed by atoms with Crippen molar-refractivity contribution in [2.75, 3.05) is 42.7 Å². The monoisotopic (exact) mass is 227 g/mol. The lowest BCUT2D eigenvalue weighted by atomic mass is 10.2. The average molecular weight is 228 g/mol. The summed E-state index contributed by atoms with van der Waals surface area (Å²) in [5.74, 6) is 0. The van der Waals surface area contributed by atoms with Gasteiger partial charge in [-0.2, -0.15) is 0 Å². The molecular weight excluding hydrogens is 214 g/mol. The number of nitrogen functional groups attached to an aromatic ring is 2. The zero-order valence-corrected chi connectivity index (χ0v) is 9.13. The molecule has 82 valence electrons. The van der Waals surface area contributed by atoms with Gasteiger partial charge in [0, 0.05) is 13.1 Å². The fourth-order valence-corrected chi connectivity index (χ4v) is 1.93. The summed E-state index contributed by atoms with van der Waals surface area (Å²) in [6, 6.07) is 3.52. The molecule has 1 aromatic carbocycles. The standard InChI is InChI=1S/C10H14ClN3O/c11-7-5-8(12)9(13)6-10(7)14-1-3-15-4-2-14/h5-6H,1-4,12-13H2. The molecule has 0 aliphatic carbocycles. The van der Waals surface area contributed by atoms with Gasteiger partial charge in [0.1, 0.15) is 0 Å². The summed E-state index contributed by atoms with van der Waals surface area (Å²) in [6.45, 7) is 3.12. The van der Waals surface area contributed by atoms with E-state index in [2.05, 4.69) is 4.90 Å². The third kappa shape index (κ3) is 2.11. The van der Waals surface area contributed by atoms with E-state index in [1.807, 2.05) is 6.07 Å². The first-order valence-electron chi connectivity index (χ1n) is 4.85. The van der Waals surface area contributed by atoms with E-state index in [-0.39, 0.29) is 0 Å². The number of benzene rings is 1. The van der Waals surface area contributed by atoms with Gasteiger partial charge in [-0.25, -0.2) is 0 Å². The Kier molecular flexibility index (Phi) is 2.88. The van der Waals surface area contributed by atoms with Crippen molar-refractivity contribution in [3.05, 3.63) is 17.2 Å². The summed E-state index contributed by atoms with van der Waals surface area (Å²) in [6.07, 6.45) is 0. The van der Waals surface area contributed by atoms with Crippen LogP contribution in [-0.4, -0.2) is 26.3 Å². The minimum absolute atomic E-state index is 0.525. The van der Waals surface area contributed by atoms with E-state index in [4.69, 9.17) is 27.8 Å². The van der Waals surface area contributed by atoms with Crippen molar-refractivity contribution in [2.24, 2.45) is 0 Å². The Morgan fingerprint density at radius 3 is 2.40 bits per heavy atom. The molecule has 0 saturated carbocycles. The van der Waals surface area contributed by atoms with Crippen molar-refractivity contribution >= 4 is 28.7 Å². The Morgan fingerprint density at radius 2 is 1.73 bits per heavy atom. The Labute approximate surface area is 93.7 Å². The zero-order valence-electron chi connectivity index (χ0n) is 8.37. The largest absolute Gasteiger partial charge is 0.397 e. The summed E-state index contributed by atoms with van der Waals surface area (Å²) in [5.41, 5.74) is 13.5. The van der Waals surface area contributed by atoms with Crippen molar-refractivity contribution in [3.63, 3.8) is 0 Å². The molecule has 0 unspecified atom stereocenters. The van der Waals surface area contributed by atoms with Gasteiger partial charge in [0.25, 0.3) is 0 Å². The molecule has 0 amide bonds. The number of rotatable bonds is 1. The fourth-order valence-electron chi connectivity index (χ4n) is 1.64. The number of hydrogen-bond donors (Lipinski definition) is 2. The molecule has 0 aromatic heterocycles. The van der Waals surface area contributed by atoms with Gasteiger partial charge in [-0.15, -0.1) is 0 Å². The molecule has 15 heavy (non-hydrogen) atoms. The number of nitrogens with zero attached hydrogens (tertiary/aromatic N) is 1. The molecular formula is C10H14ClN3O. The van der Waals surface area contributed by atoms with Crippen LogP contribution < -0.4 is 16.4 Å². The molecule has 1 aliphatic heterocycles. The Morgan fingerprint density at radius 1 is 1.13 bits per heavy atom. The molecule has 0 bridgehead atoms. The molecule has 4 nitrogen and oxygen atoms in total. The van der Waals surface area contributed by atoms with E-state index in [1.54, 1.807) is 6.07 Å². The quantitative estimate of drug-likeness (QED) is 0.711. The SMILES string of the molecule is Nc1cc(Cl)c(N2CCOCC2)cc1N. The first kappa shape index (κ1) is 10.4. The number of morpholine rings is 1. The molecule has 1 fully saturated rings. The van der Waals surface area contributed by atoms with Gasteiger partial charge < -0.3 is 21.1 Å². The van der Waals surface area contributed by atoms with Gasteiger partial charge in [-0.1, -0.05) is 11.6 Å².